The van der Waals surface area contributed by atoms with Crippen LogP contribution in [-0.2, 0) is 4.79 Å². The number of aliphatic hydroxyl groups excluding tert-OH is 1. The van der Waals surface area contributed by atoms with E-state index in [0.29, 0.717) is 10.8 Å². The second kappa shape index (κ2) is 6.51. The number of carbonyl (C=O) groups is 2. The Bertz CT molecular complexity index is 635. The van der Waals surface area contributed by atoms with Crippen molar-refractivity contribution in [3.63, 3.8) is 0 Å². The quantitative estimate of drug-likeness (QED) is 0.741. The van der Waals surface area contributed by atoms with Crippen molar-refractivity contribution in [1.82, 2.24) is 10.3 Å². The summed E-state index contributed by atoms with van der Waals surface area (Å²) in [5.74, 6) is -1.13. The van der Waals surface area contributed by atoms with Gasteiger partial charge in [0.1, 0.15) is 5.69 Å². The summed E-state index contributed by atoms with van der Waals surface area (Å²) in [6.45, 7) is 1.82. The molecular formula is C13H14N2O5S. The van der Waals surface area contributed by atoms with Crippen LogP contribution >= 0.6 is 11.3 Å². The summed E-state index contributed by atoms with van der Waals surface area (Å²) in [4.78, 5) is 27.4. The number of furan rings is 1. The Morgan fingerprint density at radius 1 is 1.52 bits per heavy atom. The maximum absolute atomic E-state index is 12.0. The molecule has 112 valence electrons. The minimum absolute atomic E-state index is 0.0549. The summed E-state index contributed by atoms with van der Waals surface area (Å²) in [5.41, 5.74) is 0.274. The predicted octanol–water partition coefficient (Wildman–Crippen LogP) is 1.28. The van der Waals surface area contributed by atoms with E-state index in [0.717, 1.165) is 4.88 Å². The molecule has 1 unspecified atom stereocenters. The molecule has 3 N–H and O–H groups in total. The first kappa shape index (κ1) is 15.2. The van der Waals surface area contributed by atoms with Crippen LogP contribution in [0.4, 0.5) is 0 Å². The largest absolute Gasteiger partial charge is 0.479 e. The number of aryl methyl sites for hydroxylation is 1. The van der Waals surface area contributed by atoms with Crippen molar-refractivity contribution in [3.8, 4) is 10.8 Å². The molecule has 2 rings (SSSR count). The predicted molar refractivity (Wildman–Crippen MR) is 75.1 cm³/mol. The van der Waals surface area contributed by atoms with Gasteiger partial charge in [0.25, 0.3) is 5.91 Å². The minimum atomic E-state index is -1.49. The lowest BCUT2D eigenvalue weighted by Crippen LogP contribution is -2.30. The van der Waals surface area contributed by atoms with E-state index in [1.54, 1.807) is 19.1 Å². The normalized spacial score (nSPS) is 12.1. The molecule has 21 heavy (non-hydrogen) atoms. The molecule has 0 aliphatic rings. The van der Waals surface area contributed by atoms with Crippen LogP contribution in [-0.4, -0.2) is 39.7 Å². The van der Waals surface area contributed by atoms with E-state index >= 15 is 0 Å². The second-order valence-corrected chi connectivity index (χ2v) is 5.50. The number of hydrogen-bond acceptors (Lipinski definition) is 6. The van der Waals surface area contributed by atoms with Crippen LogP contribution in [0.1, 0.15) is 21.8 Å². The highest BCUT2D eigenvalue weighted by Crippen LogP contribution is 2.27. The zero-order valence-corrected chi connectivity index (χ0v) is 12.0. The van der Waals surface area contributed by atoms with E-state index in [1.807, 2.05) is 0 Å². The molecule has 0 radical (unpaired) electrons. The average Bonchev–Trinajstić information content (AvgIpc) is 3.07. The molecule has 0 saturated carbocycles. The number of nitrogens with one attached hydrogen (secondary N) is 1. The van der Waals surface area contributed by atoms with Gasteiger partial charge in [0.2, 0.25) is 0 Å². The van der Waals surface area contributed by atoms with Crippen LogP contribution in [0.3, 0.4) is 0 Å². The van der Waals surface area contributed by atoms with Gasteiger partial charge >= 0.3 is 5.97 Å². The molecule has 8 heteroatoms. The van der Waals surface area contributed by atoms with Gasteiger partial charge in [0.15, 0.2) is 16.9 Å². The maximum atomic E-state index is 12.0. The minimum Gasteiger partial charge on any atom is -0.479 e. The maximum Gasteiger partial charge on any atom is 0.332 e. The van der Waals surface area contributed by atoms with Crippen LogP contribution in [0.2, 0.25) is 0 Å². The lowest BCUT2D eigenvalue weighted by atomic mass is 10.2. The number of carboxylic acid groups (broad SMARTS) is 1. The molecule has 0 bridgehead atoms. The van der Waals surface area contributed by atoms with Gasteiger partial charge in [-0.05, 0) is 19.1 Å². The Hall–Kier alpha value is -2.19. The zero-order valence-electron chi connectivity index (χ0n) is 11.2. The van der Waals surface area contributed by atoms with Crippen molar-refractivity contribution in [3.05, 3.63) is 29.0 Å². The van der Waals surface area contributed by atoms with Gasteiger partial charge in [0.05, 0.1) is 6.26 Å². The summed E-state index contributed by atoms with van der Waals surface area (Å²) >= 11 is 1.34. The zero-order chi connectivity index (χ0) is 15.4. The molecule has 0 aliphatic heterocycles. The summed E-state index contributed by atoms with van der Waals surface area (Å²) in [6, 6.07) is 3.49. The molecule has 0 aromatic carbocycles. The number of hydrogen-bond donors (Lipinski definition) is 3. The fourth-order valence-electron chi connectivity index (χ4n) is 1.64. The third-order valence-electron chi connectivity index (χ3n) is 2.73. The molecule has 0 fully saturated rings. The molecule has 7 nitrogen and oxygen atoms in total. The Morgan fingerprint density at radius 3 is 2.90 bits per heavy atom. The van der Waals surface area contributed by atoms with E-state index in [1.165, 1.54) is 17.6 Å². The number of carbonyl (C=O) groups excluding carboxylic acids is 1. The molecule has 1 amide bonds. The highest BCUT2D eigenvalue weighted by Gasteiger charge is 2.18. The van der Waals surface area contributed by atoms with Crippen molar-refractivity contribution in [2.45, 2.75) is 19.4 Å². The third-order valence-corrected chi connectivity index (χ3v) is 3.72. The molecule has 2 aromatic rings. The first-order valence-corrected chi connectivity index (χ1v) is 7.01. The Balaban J connectivity index is 1.98. The number of aromatic nitrogens is 1. The first-order valence-electron chi connectivity index (χ1n) is 6.19. The van der Waals surface area contributed by atoms with Gasteiger partial charge in [-0.2, -0.15) is 0 Å². The Kier molecular flexibility index (Phi) is 4.71. The van der Waals surface area contributed by atoms with Crippen LogP contribution in [0.15, 0.2) is 22.8 Å². The van der Waals surface area contributed by atoms with Crippen LogP contribution in [0, 0.1) is 6.92 Å². The van der Waals surface area contributed by atoms with Crippen molar-refractivity contribution < 1.29 is 24.2 Å². The molecule has 0 spiro atoms. The number of amides is 1. The lowest BCUT2D eigenvalue weighted by molar-refractivity contribution is -0.146. The smallest absolute Gasteiger partial charge is 0.332 e. The van der Waals surface area contributed by atoms with E-state index in [-0.39, 0.29) is 18.7 Å². The topological polar surface area (TPSA) is 113 Å². The number of rotatable bonds is 6. The lowest BCUT2D eigenvalue weighted by Gasteiger charge is -2.06. The Morgan fingerprint density at radius 2 is 2.29 bits per heavy atom. The SMILES string of the molecule is Cc1sc(-c2ccco2)nc1C(=O)NCCC(O)C(=O)O. The molecule has 1 atom stereocenters. The second-order valence-electron chi connectivity index (χ2n) is 4.30. The van der Waals surface area contributed by atoms with E-state index in [9.17, 15) is 9.59 Å². The van der Waals surface area contributed by atoms with Gasteiger partial charge < -0.3 is 19.9 Å². The summed E-state index contributed by atoms with van der Waals surface area (Å²) in [6.07, 6.45) is -0.0190. The van der Waals surface area contributed by atoms with Crippen LogP contribution in [0.25, 0.3) is 10.8 Å². The van der Waals surface area contributed by atoms with Crippen molar-refractivity contribution >= 4 is 23.2 Å². The summed E-state index contributed by atoms with van der Waals surface area (Å²) in [7, 11) is 0. The van der Waals surface area contributed by atoms with Gasteiger partial charge in [-0.15, -0.1) is 11.3 Å². The molecule has 0 saturated heterocycles. The van der Waals surface area contributed by atoms with Crippen LogP contribution < -0.4 is 5.32 Å². The van der Waals surface area contributed by atoms with Gasteiger partial charge in [-0.3, -0.25) is 4.79 Å². The summed E-state index contributed by atoms with van der Waals surface area (Å²) < 4.78 is 5.22. The standard InChI is InChI=1S/C13H14N2O5S/c1-7-10(11(17)14-5-4-8(16)13(18)19)15-12(21-7)9-3-2-6-20-9/h2-3,6,8,16H,4-5H2,1H3,(H,14,17)(H,18,19). The molecular weight excluding hydrogens is 296 g/mol. The third kappa shape index (κ3) is 3.67. The number of nitrogens with zero attached hydrogens (tertiary/aromatic N) is 1. The van der Waals surface area contributed by atoms with Gasteiger partial charge in [-0.1, -0.05) is 0 Å². The average molecular weight is 310 g/mol. The molecule has 2 heterocycles. The van der Waals surface area contributed by atoms with Gasteiger partial charge in [-0.25, -0.2) is 9.78 Å². The summed E-state index contributed by atoms with van der Waals surface area (Å²) in [5, 5.41) is 20.8. The number of carboxylic acids is 1. The van der Waals surface area contributed by atoms with Crippen molar-refractivity contribution in [2.75, 3.05) is 6.54 Å². The fourth-order valence-corrected chi connectivity index (χ4v) is 2.52. The number of aliphatic carboxylic acids is 1. The van der Waals surface area contributed by atoms with E-state index in [4.69, 9.17) is 14.6 Å². The fraction of sp³-hybridized carbons (Fsp3) is 0.308. The number of thiazole rings is 1. The van der Waals surface area contributed by atoms with Crippen LogP contribution in [0.5, 0.6) is 0 Å². The Labute approximate surface area is 124 Å². The molecule has 2 aromatic heterocycles. The highest BCUT2D eigenvalue weighted by atomic mass is 32.1. The van der Waals surface area contributed by atoms with Crippen molar-refractivity contribution in [2.24, 2.45) is 0 Å². The number of aliphatic hydroxyl groups is 1. The monoisotopic (exact) mass is 310 g/mol. The van der Waals surface area contributed by atoms with E-state index < -0.39 is 18.0 Å². The molecule has 0 aliphatic carbocycles. The highest BCUT2D eigenvalue weighted by molar-refractivity contribution is 7.15. The first-order chi connectivity index (χ1) is 9.99. The van der Waals surface area contributed by atoms with Crippen molar-refractivity contribution in [1.29, 1.82) is 0 Å². The van der Waals surface area contributed by atoms with E-state index in [2.05, 4.69) is 10.3 Å². The van der Waals surface area contributed by atoms with Gasteiger partial charge in [0, 0.05) is 17.8 Å².